The minimum atomic E-state index is 0.0707. The molecule has 3 heteroatoms. The number of nitrogens with one attached hydrogen (secondary N) is 2. The maximum atomic E-state index is 11.0. The van der Waals surface area contributed by atoms with E-state index in [1.54, 1.807) is 0 Å². The minimum Gasteiger partial charge on any atom is -0.355 e. The van der Waals surface area contributed by atoms with Crippen LogP contribution < -0.4 is 10.6 Å². The van der Waals surface area contributed by atoms with Crippen molar-refractivity contribution < 1.29 is 4.79 Å². The zero-order chi connectivity index (χ0) is 9.23. The van der Waals surface area contributed by atoms with Crippen molar-refractivity contribution in [3.63, 3.8) is 0 Å². The molecule has 0 aliphatic rings. The quantitative estimate of drug-likeness (QED) is 0.454. The van der Waals surface area contributed by atoms with Crippen molar-refractivity contribution >= 4 is 5.91 Å². The molecular formula is C9H18N2O. The summed E-state index contributed by atoms with van der Waals surface area (Å²) in [7, 11) is 0. The molecule has 0 saturated heterocycles. The van der Waals surface area contributed by atoms with Gasteiger partial charge in [0.25, 0.3) is 0 Å². The predicted molar refractivity (Wildman–Crippen MR) is 51.0 cm³/mol. The summed E-state index contributed by atoms with van der Waals surface area (Å²) in [5.74, 6) is 0.0707. The molecule has 0 bridgehead atoms. The number of hydrogen-bond acceptors (Lipinski definition) is 2. The summed E-state index contributed by atoms with van der Waals surface area (Å²) in [6, 6.07) is 0. The lowest BCUT2D eigenvalue weighted by molar-refractivity contribution is -0.120. The molecule has 0 fully saturated rings. The molecule has 0 rings (SSSR count). The van der Waals surface area contributed by atoms with Gasteiger partial charge in [-0.25, -0.2) is 0 Å². The third-order valence-electron chi connectivity index (χ3n) is 1.40. The zero-order valence-electron chi connectivity index (χ0n) is 7.89. The Balaban J connectivity index is 3.19. The molecule has 2 N–H and O–H groups in total. The van der Waals surface area contributed by atoms with Crippen molar-refractivity contribution in [2.24, 2.45) is 0 Å². The Morgan fingerprint density at radius 3 is 2.83 bits per heavy atom. The molecule has 0 aliphatic heterocycles. The van der Waals surface area contributed by atoms with Gasteiger partial charge in [0.05, 0.1) is 6.54 Å². The van der Waals surface area contributed by atoms with Crippen LogP contribution in [0.15, 0.2) is 12.2 Å². The number of amides is 1. The normalized spacial score (nSPS) is 10.5. The molecule has 0 heterocycles. The fraction of sp³-hybridized carbons (Fsp3) is 0.667. The Labute approximate surface area is 74.2 Å². The maximum Gasteiger partial charge on any atom is 0.233 e. The summed E-state index contributed by atoms with van der Waals surface area (Å²) >= 11 is 0. The summed E-state index contributed by atoms with van der Waals surface area (Å²) < 4.78 is 0. The van der Waals surface area contributed by atoms with Crippen LogP contribution in [-0.2, 0) is 4.79 Å². The smallest absolute Gasteiger partial charge is 0.233 e. The number of allylic oxidation sites excluding steroid dienone is 1. The van der Waals surface area contributed by atoms with Crippen LogP contribution in [0.2, 0.25) is 0 Å². The molecule has 0 aromatic rings. The molecule has 0 atom stereocenters. The largest absolute Gasteiger partial charge is 0.355 e. The van der Waals surface area contributed by atoms with E-state index in [1.165, 1.54) is 0 Å². The standard InChI is InChI=1S/C9H18N2O/c1-3-5-6-7-11-9(12)8-10-4-2/h3,5,10H,4,6-8H2,1-2H3,(H,11,12)/b5-3+. The second-order valence-corrected chi connectivity index (χ2v) is 2.49. The lowest BCUT2D eigenvalue weighted by atomic mass is 10.4. The highest BCUT2D eigenvalue weighted by Gasteiger charge is 1.95. The lowest BCUT2D eigenvalue weighted by Crippen LogP contribution is -2.34. The van der Waals surface area contributed by atoms with Crippen LogP contribution in [0.3, 0.4) is 0 Å². The van der Waals surface area contributed by atoms with Crippen molar-refractivity contribution in [1.82, 2.24) is 10.6 Å². The third kappa shape index (κ3) is 7.28. The Morgan fingerprint density at radius 2 is 2.25 bits per heavy atom. The van der Waals surface area contributed by atoms with Crippen molar-refractivity contribution in [3.05, 3.63) is 12.2 Å². The Bertz CT molecular complexity index is 143. The van der Waals surface area contributed by atoms with Crippen molar-refractivity contribution in [1.29, 1.82) is 0 Å². The van der Waals surface area contributed by atoms with E-state index in [9.17, 15) is 4.79 Å². The molecule has 0 aliphatic carbocycles. The van der Waals surface area contributed by atoms with E-state index in [0.717, 1.165) is 19.5 Å². The van der Waals surface area contributed by atoms with Gasteiger partial charge in [0.1, 0.15) is 0 Å². The monoisotopic (exact) mass is 170 g/mol. The molecule has 0 aromatic carbocycles. The van der Waals surface area contributed by atoms with Gasteiger partial charge in [-0.3, -0.25) is 4.79 Å². The number of likely N-dealkylation sites (N-methyl/N-ethyl adjacent to an activating group) is 1. The van der Waals surface area contributed by atoms with Crippen LogP contribution in [0.25, 0.3) is 0 Å². The van der Waals surface area contributed by atoms with Gasteiger partial charge in [-0.05, 0) is 19.9 Å². The highest BCUT2D eigenvalue weighted by Crippen LogP contribution is 1.78. The van der Waals surface area contributed by atoms with Crippen LogP contribution in [0, 0.1) is 0 Å². The van der Waals surface area contributed by atoms with E-state index in [0.29, 0.717) is 6.54 Å². The van der Waals surface area contributed by atoms with Gasteiger partial charge in [-0.1, -0.05) is 19.1 Å². The van der Waals surface area contributed by atoms with Crippen molar-refractivity contribution in [2.45, 2.75) is 20.3 Å². The van der Waals surface area contributed by atoms with E-state index in [2.05, 4.69) is 10.6 Å². The number of hydrogen-bond donors (Lipinski definition) is 2. The van der Waals surface area contributed by atoms with Crippen molar-refractivity contribution in [3.8, 4) is 0 Å². The van der Waals surface area contributed by atoms with Crippen LogP contribution >= 0.6 is 0 Å². The van der Waals surface area contributed by atoms with Gasteiger partial charge in [-0.2, -0.15) is 0 Å². The van der Waals surface area contributed by atoms with E-state index in [-0.39, 0.29) is 5.91 Å². The van der Waals surface area contributed by atoms with Gasteiger partial charge in [0.2, 0.25) is 5.91 Å². The van der Waals surface area contributed by atoms with Gasteiger partial charge < -0.3 is 10.6 Å². The zero-order valence-corrected chi connectivity index (χ0v) is 7.89. The highest BCUT2D eigenvalue weighted by molar-refractivity contribution is 5.77. The molecule has 0 saturated carbocycles. The SMILES string of the molecule is C/C=C/CCNC(=O)CNCC. The minimum absolute atomic E-state index is 0.0707. The summed E-state index contributed by atoms with van der Waals surface area (Å²) in [5, 5.41) is 5.76. The fourth-order valence-corrected chi connectivity index (χ4v) is 0.763. The van der Waals surface area contributed by atoms with Crippen LogP contribution in [0.4, 0.5) is 0 Å². The summed E-state index contributed by atoms with van der Waals surface area (Å²) in [4.78, 5) is 11.0. The molecular weight excluding hydrogens is 152 g/mol. The van der Waals surface area contributed by atoms with Gasteiger partial charge in [0, 0.05) is 6.54 Å². The molecule has 0 radical (unpaired) electrons. The second kappa shape index (κ2) is 8.27. The van der Waals surface area contributed by atoms with E-state index < -0.39 is 0 Å². The Hall–Kier alpha value is -0.830. The first kappa shape index (κ1) is 11.2. The van der Waals surface area contributed by atoms with E-state index in [1.807, 2.05) is 26.0 Å². The summed E-state index contributed by atoms with van der Waals surface area (Å²) in [5.41, 5.74) is 0. The third-order valence-corrected chi connectivity index (χ3v) is 1.40. The van der Waals surface area contributed by atoms with Crippen LogP contribution in [-0.4, -0.2) is 25.5 Å². The van der Waals surface area contributed by atoms with Crippen LogP contribution in [0.1, 0.15) is 20.3 Å². The molecule has 12 heavy (non-hydrogen) atoms. The molecule has 0 spiro atoms. The summed E-state index contributed by atoms with van der Waals surface area (Å²) in [6.45, 7) is 5.94. The molecule has 3 nitrogen and oxygen atoms in total. The first-order valence-corrected chi connectivity index (χ1v) is 4.39. The summed E-state index contributed by atoms with van der Waals surface area (Å²) in [6.07, 6.45) is 4.93. The lowest BCUT2D eigenvalue weighted by Gasteiger charge is -2.02. The molecule has 0 unspecified atom stereocenters. The first-order chi connectivity index (χ1) is 5.81. The highest BCUT2D eigenvalue weighted by atomic mass is 16.1. The molecule has 1 amide bonds. The average Bonchev–Trinajstić information content (AvgIpc) is 2.09. The van der Waals surface area contributed by atoms with Crippen molar-refractivity contribution in [2.75, 3.05) is 19.6 Å². The molecule has 0 aromatic heterocycles. The van der Waals surface area contributed by atoms with E-state index in [4.69, 9.17) is 0 Å². The van der Waals surface area contributed by atoms with Gasteiger partial charge in [-0.15, -0.1) is 0 Å². The van der Waals surface area contributed by atoms with E-state index >= 15 is 0 Å². The topological polar surface area (TPSA) is 41.1 Å². The number of carbonyl (C=O) groups excluding carboxylic acids is 1. The maximum absolute atomic E-state index is 11.0. The second-order valence-electron chi connectivity index (χ2n) is 2.49. The first-order valence-electron chi connectivity index (χ1n) is 4.39. The molecule has 70 valence electrons. The van der Waals surface area contributed by atoms with Gasteiger partial charge >= 0.3 is 0 Å². The predicted octanol–water partition coefficient (Wildman–Crippen LogP) is 0.678. The number of carbonyl (C=O) groups is 1. The number of rotatable bonds is 6. The van der Waals surface area contributed by atoms with Crippen LogP contribution in [0.5, 0.6) is 0 Å². The fourth-order valence-electron chi connectivity index (χ4n) is 0.763. The average molecular weight is 170 g/mol. The van der Waals surface area contributed by atoms with Gasteiger partial charge in [0.15, 0.2) is 0 Å². The Kier molecular flexibility index (Phi) is 7.70. The Morgan fingerprint density at radius 1 is 1.50 bits per heavy atom.